The third-order valence-electron chi connectivity index (χ3n) is 7.07. The molecule has 3 nitrogen and oxygen atoms in total. The van der Waals surface area contributed by atoms with Gasteiger partial charge in [-0.2, -0.15) is 0 Å². The molecule has 4 fully saturated rings. The summed E-state index contributed by atoms with van der Waals surface area (Å²) in [4.78, 5) is 12.7. The number of carbonyl (C=O) groups is 1. The van der Waals surface area contributed by atoms with E-state index < -0.39 is 11.5 Å². The van der Waals surface area contributed by atoms with Crippen LogP contribution >= 0.6 is 11.6 Å². The fourth-order valence-electron chi connectivity index (χ4n) is 5.42. The van der Waals surface area contributed by atoms with E-state index in [1.807, 2.05) is 0 Å². The molecule has 1 aromatic carbocycles. The van der Waals surface area contributed by atoms with Crippen LogP contribution < -0.4 is 5.32 Å². The van der Waals surface area contributed by atoms with E-state index in [1.165, 1.54) is 0 Å². The van der Waals surface area contributed by atoms with Crippen LogP contribution in [0, 0.1) is 37.4 Å². The van der Waals surface area contributed by atoms with Crippen molar-refractivity contribution in [2.45, 2.75) is 71.0 Å². The van der Waals surface area contributed by atoms with Gasteiger partial charge in [-0.25, -0.2) is 8.78 Å². The molecule has 0 amide bonds. The van der Waals surface area contributed by atoms with Crippen molar-refractivity contribution >= 4 is 23.3 Å². The molecule has 0 aliphatic heterocycles. The molecule has 0 heterocycles. The predicted octanol–water partition coefficient (Wildman–Crippen LogP) is 5.83. The summed E-state index contributed by atoms with van der Waals surface area (Å²) in [5.74, 6) is -0.531. The van der Waals surface area contributed by atoms with E-state index in [0.717, 1.165) is 25.7 Å². The predicted molar refractivity (Wildman–Crippen MR) is 106 cm³/mol. The number of anilines is 1. The van der Waals surface area contributed by atoms with Crippen molar-refractivity contribution in [1.29, 1.82) is 0 Å². The lowest BCUT2D eigenvalue weighted by atomic mass is 9.61. The first kappa shape index (κ1) is 19.9. The van der Waals surface area contributed by atoms with E-state index in [0.29, 0.717) is 35.6 Å². The van der Waals surface area contributed by atoms with E-state index in [1.54, 1.807) is 20.8 Å². The summed E-state index contributed by atoms with van der Waals surface area (Å²) in [5.41, 5.74) is -0.225. The van der Waals surface area contributed by atoms with Crippen LogP contribution in [0.4, 0.5) is 14.5 Å². The summed E-state index contributed by atoms with van der Waals surface area (Å²) in [6.07, 6.45) is 4.67. The SMILES string of the molecule is CCOC(=O)[C@H]1C2CCC(CC2)C1Nc1c(C)c(Cl)c(C)c(C2(F)CC2)c1F. The van der Waals surface area contributed by atoms with Crippen molar-refractivity contribution in [2.24, 2.45) is 17.8 Å². The Hall–Kier alpha value is -1.36. The van der Waals surface area contributed by atoms with Gasteiger partial charge in [-0.15, -0.1) is 0 Å². The molecule has 6 heteroatoms. The number of hydrogen-bond donors (Lipinski definition) is 1. The fourth-order valence-corrected chi connectivity index (χ4v) is 5.61. The zero-order valence-electron chi connectivity index (χ0n) is 16.7. The zero-order chi connectivity index (χ0) is 20.2. The molecule has 0 spiro atoms. The normalized spacial score (nSPS) is 30.2. The first-order chi connectivity index (χ1) is 13.3. The van der Waals surface area contributed by atoms with Gasteiger partial charge in [0.25, 0.3) is 0 Å². The minimum Gasteiger partial charge on any atom is -0.466 e. The van der Waals surface area contributed by atoms with Gasteiger partial charge >= 0.3 is 5.97 Å². The molecule has 0 radical (unpaired) electrons. The second-order valence-electron chi connectivity index (χ2n) is 8.72. The fraction of sp³-hybridized carbons (Fsp3) is 0.682. The number of alkyl halides is 1. The van der Waals surface area contributed by atoms with Crippen molar-refractivity contribution in [3.8, 4) is 0 Å². The van der Waals surface area contributed by atoms with Gasteiger partial charge in [0.1, 0.15) is 5.67 Å². The second-order valence-corrected chi connectivity index (χ2v) is 9.09. The van der Waals surface area contributed by atoms with Crippen LogP contribution in [-0.2, 0) is 15.2 Å². The molecule has 4 aliphatic rings. The Morgan fingerprint density at radius 1 is 1.18 bits per heavy atom. The Balaban J connectivity index is 1.73. The number of halogens is 3. The molecular formula is C22H28ClF2NO2. The number of carbonyl (C=O) groups excluding carboxylic acids is 1. The van der Waals surface area contributed by atoms with Crippen LogP contribution in [0.1, 0.15) is 62.1 Å². The lowest BCUT2D eigenvalue weighted by molar-refractivity contribution is -0.154. The maximum absolute atomic E-state index is 15.5. The smallest absolute Gasteiger partial charge is 0.311 e. The summed E-state index contributed by atoms with van der Waals surface area (Å²) in [6, 6.07) is -0.207. The molecule has 0 saturated heterocycles. The Morgan fingerprint density at radius 2 is 1.79 bits per heavy atom. The van der Waals surface area contributed by atoms with Crippen LogP contribution in [0.15, 0.2) is 0 Å². The first-order valence-electron chi connectivity index (χ1n) is 10.4. The van der Waals surface area contributed by atoms with Gasteiger partial charge in [0.2, 0.25) is 0 Å². The molecule has 4 saturated carbocycles. The molecule has 2 bridgehead atoms. The van der Waals surface area contributed by atoms with Crippen molar-refractivity contribution in [2.75, 3.05) is 11.9 Å². The average molecular weight is 412 g/mol. The van der Waals surface area contributed by atoms with Gasteiger partial charge in [0, 0.05) is 16.6 Å². The van der Waals surface area contributed by atoms with Crippen LogP contribution in [0.5, 0.6) is 0 Å². The van der Waals surface area contributed by atoms with Crippen LogP contribution in [0.3, 0.4) is 0 Å². The number of benzene rings is 1. The molecule has 1 aromatic rings. The molecular weight excluding hydrogens is 384 g/mol. The van der Waals surface area contributed by atoms with Gasteiger partial charge in [-0.05, 0) is 82.3 Å². The van der Waals surface area contributed by atoms with Crippen molar-refractivity contribution in [3.63, 3.8) is 0 Å². The van der Waals surface area contributed by atoms with Crippen LogP contribution in [0.2, 0.25) is 5.02 Å². The maximum atomic E-state index is 15.5. The summed E-state index contributed by atoms with van der Waals surface area (Å²) in [5, 5.41) is 3.72. The van der Waals surface area contributed by atoms with E-state index >= 15 is 4.39 Å². The van der Waals surface area contributed by atoms with Crippen LogP contribution in [-0.4, -0.2) is 18.6 Å². The minimum absolute atomic E-state index is 0.0826. The maximum Gasteiger partial charge on any atom is 0.311 e. The van der Waals surface area contributed by atoms with E-state index in [4.69, 9.17) is 16.3 Å². The summed E-state index contributed by atoms with van der Waals surface area (Å²) < 4.78 is 35.7. The Bertz CT molecular complexity index is 800. The highest BCUT2D eigenvalue weighted by Crippen LogP contribution is 2.54. The van der Waals surface area contributed by atoms with E-state index in [9.17, 15) is 9.18 Å². The molecule has 1 unspecified atom stereocenters. The lowest BCUT2D eigenvalue weighted by Gasteiger charge is -2.48. The molecule has 0 aromatic heterocycles. The molecule has 28 heavy (non-hydrogen) atoms. The number of fused-ring (bicyclic) bond motifs is 3. The highest BCUT2D eigenvalue weighted by atomic mass is 35.5. The highest BCUT2D eigenvalue weighted by Gasteiger charge is 2.51. The van der Waals surface area contributed by atoms with Crippen molar-refractivity contribution < 1.29 is 18.3 Å². The molecule has 1 N–H and O–H groups in total. The summed E-state index contributed by atoms with van der Waals surface area (Å²) in [7, 11) is 0. The number of hydrogen-bond acceptors (Lipinski definition) is 3. The zero-order valence-corrected chi connectivity index (χ0v) is 17.5. The van der Waals surface area contributed by atoms with Crippen LogP contribution in [0.25, 0.3) is 0 Å². The standard InChI is InChI=1S/C22H28ClF2NO2/c1-4-28-21(27)15-13-5-7-14(8-6-13)20(15)26-19-12(3)17(23)11(2)16(18(19)24)22(25)9-10-22/h13-15,20,26H,4-10H2,1-3H3/t13?,14?,15-,20?/m0/s1. The Kier molecular flexibility index (Phi) is 5.09. The number of esters is 1. The third-order valence-corrected chi connectivity index (χ3v) is 7.64. The Labute approximate surface area is 170 Å². The topological polar surface area (TPSA) is 38.3 Å². The number of nitrogens with one attached hydrogen (secondary N) is 1. The third kappa shape index (κ3) is 3.10. The second kappa shape index (κ2) is 7.16. The van der Waals surface area contributed by atoms with Gasteiger partial charge in [-0.1, -0.05) is 11.6 Å². The molecule has 2 atom stereocenters. The molecule has 154 valence electrons. The quantitative estimate of drug-likeness (QED) is 0.619. The molecule has 5 rings (SSSR count). The van der Waals surface area contributed by atoms with Gasteiger partial charge < -0.3 is 10.1 Å². The van der Waals surface area contributed by atoms with Gasteiger partial charge in [0.05, 0.1) is 18.2 Å². The van der Waals surface area contributed by atoms with Crippen molar-refractivity contribution in [1.82, 2.24) is 0 Å². The largest absolute Gasteiger partial charge is 0.466 e. The van der Waals surface area contributed by atoms with Gasteiger partial charge in [-0.3, -0.25) is 4.79 Å². The number of rotatable bonds is 5. The summed E-state index contributed by atoms with van der Waals surface area (Å²) in [6.45, 7) is 5.56. The van der Waals surface area contributed by atoms with Crippen molar-refractivity contribution in [3.05, 3.63) is 27.5 Å². The van der Waals surface area contributed by atoms with Gasteiger partial charge in [0.15, 0.2) is 5.82 Å². The summed E-state index contributed by atoms with van der Waals surface area (Å²) >= 11 is 6.47. The number of ether oxygens (including phenoxy) is 1. The lowest BCUT2D eigenvalue weighted by Crippen LogP contribution is -2.52. The monoisotopic (exact) mass is 411 g/mol. The van der Waals surface area contributed by atoms with E-state index in [2.05, 4.69) is 5.32 Å². The Morgan fingerprint density at radius 3 is 2.36 bits per heavy atom. The average Bonchev–Trinajstić information content (AvgIpc) is 3.42. The highest BCUT2D eigenvalue weighted by molar-refractivity contribution is 6.32. The first-order valence-corrected chi connectivity index (χ1v) is 10.8. The van der Waals surface area contributed by atoms with E-state index in [-0.39, 0.29) is 41.0 Å². The molecule has 4 aliphatic carbocycles. The minimum atomic E-state index is -1.62.